The molecule has 0 saturated heterocycles. The van der Waals surface area contributed by atoms with Gasteiger partial charge in [-0.15, -0.1) is 22.7 Å². The van der Waals surface area contributed by atoms with Crippen LogP contribution in [-0.2, 0) is 6.42 Å². The van der Waals surface area contributed by atoms with Gasteiger partial charge in [-0.05, 0) is 18.6 Å². The predicted octanol–water partition coefficient (Wildman–Crippen LogP) is 4.09. The summed E-state index contributed by atoms with van der Waals surface area (Å²) in [5.74, 6) is 0. The van der Waals surface area contributed by atoms with Gasteiger partial charge in [-0.3, -0.25) is 0 Å². The molecule has 68 valence electrons. The topological polar surface area (TPSA) is 12.9 Å². The van der Waals surface area contributed by atoms with Crippen molar-refractivity contribution in [2.45, 2.75) is 13.3 Å². The maximum Gasteiger partial charge on any atom is 0.133 e. The van der Waals surface area contributed by atoms with Crippen molar-refractivity contribution in [1.29, 1.82) is 0 Å². The number of thiazole rings is 1. The number of aryl methyl sites for hydroxylation is 1. The van der Waals surface area contributed by atoms with Gasteiger partial charge in [0, 0.05) is 5.38 Å². The van der Waals surface area contributed by atoms with Gasteiger partial charge in [0.05, 0.1) is 14.9 Å². The summed E-state index contributed by atoms with van der Waals surface area (Å²) in [6.07, 6.45) is 0.996. The third-order valence-electron chi connectivity index (χ3n) is 1.70. The lowest BCUT2D eigenvalue weighted by molar-refractivity contribution is 1.07. The highest BCUT2D eigenvalue weighted by molar-refractivity contribution is 7.23. The first-order valence-electron chi connectivity index (χ1n) is 3.99. The maximum absolute atomic E-state index is 5.85. The molecule has 0 aromatic carbocycles. The van der Waals surface area contributed by atoms with Crippen molar-refractivity contribution in [3.8, 4) is 9.88 Å². The van der Waals surface area contributed by atoms with Crippen molar-refractivity contribution >= 4 is 34.3 Å². The molecule has 0 aliphatic carbocycles. The van der Waals surface area contributed by atoms with Crippen molar-refractivity contribution in [3.63, 3.8) is 0 Å². The van der Waals surface area contributed by atoms with Crippen LogP contribution in [0.1, 0.15) is 12.6 Å². The molecule has 0 fully saturated rings. The van der Waals surface area contributed by atoms with Crippen molar-refractivity contribution < 1.29 is 0 Å². The highest BCUT2D eigenvalue weighted by Gasteiger charge is 2.05. The monoisotopic (exact) mass is 229 g/mol. The molecule has 0 bridgehead atoms. The van der Waals surface area contributed by atoms with Crippen LogP contribution in [0.4, 0.5) is 0 Å². The zero-order chi connectivity index (χ0) is 9.26. The molecular weight excluding hydrogens is 222 g/mol. The minimum absolute atomic E-state index is 0.822. The Kier molecular flexibility index (Phi) is 2.67. The van der Waals surface area contributed by atoms with E-state index < -0.39 is 0 Å². The van der Waals surface area contributed by atoms with Crippen LogP contribution >= 0.6 is 34.3 Å². The summed E-state index contributed by atoms with van der Waals surface area (Å²) in [6, 6.07) is 3.93. The fourth-order valence-electron chi connectivity index (χ4n) is 1.01. The van der Waals surface area contributed by atoms with Crippen LogP contribution in [0.15, 0.2) is 17.5 Å². The van der Waals surface area contributed by atoms with E-state index in [4.69, 9.17) is 11.6 Å². The van der Waals surface area contributed by atoms with Gasteiger partial charge in [0.15, 0.2) is 0 Å². The molecule has 4 heteroatoms. The Bertz CT molecular complexity index is 405. The second-order valence-corrected chi connectivity index (χ2v) is 5.17. The van der Waals surface area contributed by atoms with Gasteiger partial charge in [0.2, 0.25) is 0 Å². The van der Waals surface area contributed by atoms with Crippen molar-refractivity contribution in [2.24, 2.45) is 0 Å². The smallest absolute Gasteiger partial charge is 0.133 e. The Morgan fingerprint density at radius 3 is 2.85 bits per heavy atom. The van der Waals surface area contributed by atoms with Crippen LogP contribution in [0.2, 0.25) is 4.34 Å². The molecule has 0 aliphatic heterocycles. The average molecular weight is 230 g/mol. The first-order chi connectivity index (χ1) is 6.29. The molecule has 2 heterocycles. The molecule has 0 N–H and O–H groups in total. The summed E-state index contributed by atoms with van der Waals surface area (Å²) >= 11 is 9.11. The highest BCUT2D eigenvalue weighted by atomic mass is 35.5. The summed E-state index contributed by atoms with van der Waals surface area (Å²) in [6.45, 7) is 2.11. The van der Waals surface area contributed by atoms with E-state index in [1.54, 1.807) is 22.7 Å². The predicted molar refractivity (Wildman–Crippen MR) is 59.8 cm³/mol. The lowest BCUT2D eigenvalue weighted by atomic mass is 10.4. The zero-order valence-corrected chi connectivity index (χ0v) is 9.47. The Balaban J connectivity index is 2.35. The van der Waals surface area contributed by atoms with Crippen LogP contribution in [-0.4, -0.2) is 4.98 Å². The van der Waals surface area contributed by atoms with E-state index in [-0.39, 0.29) is 0 Å². The summed E-state index contributed by atoms with van der Waals surface area (Å²) in [5.41, 5.74) is 1.16. The van der Waals surface area contributed by atoms with Gasteiger partial charge in [-0.25, -0.2) is 4.98 Å². The molecule has 2 rings (SSSR count). The molecule has 0 saturated carbocycles. The van der Waals surface area contributed by atoms with Crippen LogP contribution in [0.5, 0.6) is 0 Å². The largest absolute Gasteiger partial charge is 0.240 e. The molecule has 0 radical (unpaired) electrons. The van der Waals surface area contributed by atoms with Crippen LogP contribution < -0.4 is 0 Å². The third kappa shape index (κ3) is 1.93. The average Bonchev–Trinajstić information content (AvgIpc) is 2.71. The lowest BCUT2D eigenvalue weighted by Gasteiger charge is -1.86. The molecule has 2 aromatic rings. The van der Waals surface area contributed by atoms with E-state index in [9.17, 15) is 0 Å². The number of rotatable bonds is 2. The Hall–Kier alpha value is -0.380. The fourth-order valence-corrected chi connectivity index (χ4v) is 3.03. The highest BCUT2D eigenvalue weighted by Crippen LogP contribution is 2.32. The lowest BCUT2D eigenvalue weighted by Crippen LogP contribution is -1.77. The van der Waals surface area contributed by atoms with Crippen molar-refractivity contribution in [1.82, 2.24) is 4.98 Å². The summed E-state index contributed by atoms with van der Waals surface area (Å²) < 4.78 is 0.822. The first kappa shape index (κ1) is 9.19. The second-order valence-electron chi connectivity index (χ2n) is 2.60. The minimum atomic E-state index is 0.822. The van der Waals surface area contributed by atoms with Crippen LogP contribution in [0, 0.1) is 0 Å². The summed E-state index contributed by atoms with van der Waals surface area (Å²) in [7, 11) is 0. The number of hydrogen-bond donors (Lipinski definition) is 0. The standard InChI is InChI=1S/C9H8ClNS2/c1-2-6-5-12-9(11-6)7-3-4-8(10)13-7/h3-5H,2H2,1H3. The molecule has 1 nitrogen and oxygen atoms in total. The van der Waals surface area contributed by atoms with Gasteiger partial charge in [0.25, 0.3) is 0 Å². The van der Waals surface area contributed by atoms with Gasteiger partial charge >= 0.3 is 0 Å². The third-order valence-corrected chi connectivity index (χ3v) is 3.99. The van der Waals surface area contributed by atoms with Gasteiger partial charge in [-0.2, -0.15) is 0 Å². The Morgan fingerprint density at radius 2 is 2.31 bits per heavy atom. The first-order valence-corrected chi connectivity index (χ1v) is 6.07. The minimum Gasteiger partial charge on any atom is -0.240 e. The summed E-state index contributed by atoms with van der Waals surface area (Å²) in [5, 5.41) is 3.18. The molecular formula is C9H8ClNS2. The molecule has 2 aromatic heterocycles. The molecule has 13 heavy (non-hydrogen) atoms. The number of halogens is 1. The van der Waals surface area contributed by atoms with Gasteiger partial charge in [0.1, 0.15) is 5.01 Å². The molecule has 0 unspecified atom stereocenters. The number of thiophene rings is 1. The quantitative estimate of drug-likeness (QED) is 0.756. The van der Waals surface area contributed by atoms with E-state index >= 15 is 0 Å². The SMILES string of the molecule is CCc1csc(-c2ccc(Cl)s2)n1. The maximum atomic E-state index is 5.85. The van der Waals surface area contributed by atoms with E-state index in [0.717, 1.165) is 26.3 Å². The Labute approximate surface area is 90.0 Å². The van der Waals surface area contributed by atoms with Crippen LogP contribution in [0.3, 0.4) is 0 Å². The zero-order valence-electron chi connectivity index (χ0n) is 7.08. The normalized spacial score (nSPS) is 10.6. The fraction of sp³-hybridized carbons (Fsp3) is 0.222. The number of nitrogens with zero attached hydrogens (tertiary/aromatic N) is 1. The molecule has 0 aliphatic rings. The Morgan fingerprint density at radius 1 is 1.46 bits per heavy atom. The van der Waals surface area contributed by atoms with E-state index in [1.165, 1.54) is 0 Å². The van der Waals surface area contributed by atoms with Crippen molar-refractivity contribution in [2.75, 3.05) is 0 Å². The second kappa shape index (κ2) is 3.78. The molecule has 0 amide bonds. The van der Waals surface area contributed by atoms with Gasteiger partial charge < -0.3 is 0 Å². The van der Waals surface area contributed by atoms with E-state index in [1.807, 2.05) is 12.1 Å². The van der Waals surface area contributed by atoms with E-state index in [0.29, 0.717) is 0 Å². The molecule has 0 spiro atoms. The summed E-state index contributed by atoms with van der Waals surface area (Å²) in [4.78, 5) is 5.64. The van der Waals surface area contributed by atoms with Gasteiger partial charge in [-0.1, -0.05) is 18.5 Å². The molecule has 0 atom stereocenters. The van der Waals surface area contributed by atoms with Crippen molar-refractivity contribution in [3.05, 3.63) is 27.5 Å². The van der Waals surface area contributed by atoms with E-state index in [2.05, 4.69) is 17.3 Å². The number of aromatic nitrogens is 1. The number of hydrogen-bond acceptors (Lipinski definition) is 3. The van der Waals surface area contributed by atoms with Crippen LogP contribution in [0.25, 0.3) is 9.88 Å².